The second kappa shape index (κ2) is 4.88. The molecule has 1 heterocycles. The molecule has 1 aliphatic heterocycles. The SMILES string of the molecule is O=C(O)N1CCC(OS(=O)(=O)C(F)(F)F)C(F)C1. The van der Waals surface area contributed by atoms with E-state index >= 15 is 0 Å². The lowest BCUT2D eigenvalue weighted by molar-refractivity contribution is -0.0641. The van der Waals surface area contributed by atoms with Gasteiger partial charge < -0.3 is 10.0 Å². The van der Waals surface area contributed by atoms with Crippen LogP contribution >= 0.6 is 0 Å². The van der Waals surface area contributed by atoms with Gasteiger partial charge in [0, 0.05) is 6.54 Å². The number of halogens is 4. The fourth-order valence-electron chi connectivity index (χ4n) is 1.38. The summed E-state index contributed by atoms with van der Waals surface area (Å²) in [6.45, 7) is -1.03. The Morgan fingerprint density at radius 2 is 1.94 bits per heavy atom. The van der Waals surface area contributed by atoms with Gasteiger partial charge in [-0.15, -0.1) is 0 Å². The number of carboxylic acid groups (broad SMARTS) is 1. The Bertz CT molecular complexity index is 422. The summed E-state index contributed by atoms with van der Waals surface area (Å²) in [5, 5.41) is 8.52. The monoisotopic (exact) mass is 295 g/mol. The number of rotatable bonds is 2. The molecule has 11 heteroatoms. The van der Waals surface area contributed by atoms with E-state index in [0.717, 1.165) is 0 Å². The summed E-state index contributed by atoms with van der Waals surface area (Å²) in [7, 11) is -5.87. The van der Waals surface area contributed by atoms with Gasteiger partial charge in [0.05, 0.1) is 6.54 Å². The number of amides is 1. The third-order valence-electron chi connectivity index (χ3n) is 2.29. The molecule has 18 heavy (non-hydrogen) atoms. The maximum atomic E-state index is 13.3. The molecule has 1 N–H and O–H groups in total. The van der Waals surface area contributed by atoms with Crippen LogP contribution in [0, 0.1) is 0 Å². The second-order valence-electron chi connectivity index (χ2n) is 3.57. The molecule has 6 nitrogen and oxygen atoms in total. The predicted octanol–water partition coefficient (Wildman–Crippen LogP) is 0.943. The van der Waals surface area contributed by atoms with E-state index in [-0.39, 0.29) is 6.54 Å². The maximum Gasteiger partial charge on any atom is 0.523 e. The molecule has 2 atom stereocenters. The van der Waals surface area contributed by atoms with Crippen molar-refractivity contribution >= 4 is 16.2 Å². The zero-order valence-corrected chi connectivity index (χ0v) is 9.54. The van der Waals surface area contributed by atoms with Gasteiger partial charge in [-0.1, -0.05) is 0 Å². The number of hydrogen-bond donors (Lipinski definition) is 1. The molecule has 106 valence electrons. The lowest BCUT2D eigenvalue weighted by Gasteiger charge is -2.32. The lowest BCUT2D eigenvalue weighted by Crippen LogP contribution is -2.49. The molecule has 0 aromatic heterocycles. The molecule has 1 aliphatic rings. The van der Waals surface area contributed by atoms with Crippen molar-refractivity contribution in [3.63, 3.8) is 0 Å². The Morgan fingerprint density at radius 1 is 1.39 bits per heavy atom. The van der Waals surface area contributed by atoms with Crippen molar-refractivity contribution in [2.75, 3.05) is 13.1 Å². The number of nitrogens with zero attached hydrogens (tertiary/aromatic N) is 1. The fourth-order valence-corrected chi connectivity index (χ4v) is 2.03. The lowest BCUT2D eigenvalue weighted by atomic mass is 10.1. The number of alkyl halides is 4. The minimum Gasteiger partial charge on any atom is -0.465 e. The number of likely N-dealkylation sites (tertiary alicyclic amines) is 1. The van der Waals surface area contributed by atoms with Crippen molar-refractivity contribution in [1.82, 2.24) is 4.90 Å². The van der Waals surface area contributed by atoms with E-state index in [2.05, 4.69) is 4.18 Å². The Morgan fingerprint density at radius 3 is 2.33 bits per heavy atom. The van der Waals surface area contributed by atoms with Crippen molar-refractivity contribution in [2.24, 2.45) is 0 Å². The Hall–Kier alpha value is -1.10. The van der Waals surface area contributed by atoms with Crippen molar-refractivity contribution in [2.45, 2.75) is 24.2 Å². The van der Waals surface area contributed by atoms with Crippen LogP contribution in [0.3, 0.4) is 0 Å². The van der Waals surface area contributed by atoms with E-state index in [1.807, 2.05) is 0 Å². The van der Waals surface area contributed by atoms with Crippen LogP contribution in [0.5, 0.6) is 0 Å². The fraction of sp³-hybridized carbons (Fsp3) is 0.857. The average molecular weight is 295 g/mol. The first kappa shape index (κ1) is 15.0. The van der Waals surface area contributed by atoms with E-state index in [1.165, 1.54) is 0 Å². The van der Waals surface area contributed by atoms with Crippen LogP contribution in [0.1, 0.15) is 6.42 Å². The van der Waals surface area contributed by atoms with E-state index in [9.17, 15) is 30.8 Å². The summed E-state index contributed by atoms with van der Waals surface area (Å²) in [5.41, 5.74) is -5.63. The van der Waals surface area contributed by atoms with Gasteiger partial charge in [-0.05, 0) is 6.42 Å². The first-order chi connectivity index (χ1) is 8.04. The van der Waals surface area contributed by atoms with Gasteiger partial charge in [0.1, 0.15) is 12.3 Å². The summed E-state index contributed by atoms with van der Waals surface area (Å²) in [6.07, 6.45) is -5.86. The van der Waals surface area contributed by atoms with E-state index in [1.54, 1.807) is 0 Å². The van der Waals surface area contributed by atoms with Gasteiger partial charge in [0.15, 0.2) is 0 Å². The highest BCUT2D eigenvalue weighted by atomic mass is 32.2. The van der Waals surface area contributed by atoms with Crippen LogP contribution in [-0.2, 0) is 14.3 Å². The standard InChI is InChI=1S/C7H9F4NO5S/c8-4-3-12(6(13)14)2-1-5(4)17-18(15,16)7(9,10)11/h4-5H,1-3H2,(H,13,14). The molecule has 0 aromatic carbocycles. The minimum atomic E-state index is -5.87. The quantitative estimate of drug-likeness (QED) is 0.466. The first-order valence-corrected chi connectivity index (χ1v) is 6.07. The van der Waals surface area contributed by atoms with Gasteiger partial charge in [0.2, 0.25) is 0 Å². The van der Waals surface area contributed by atoms with E-state index in [0.29, 0.717) is 4.90 Å². The molecule has 0 aliphatic carbocycles. The van der Waals surface area contributed by atoms with E-state index < -0.39 is 47.0 Å². The highest BCUT2D eigenvalue weighted by molar-refractivity contribution is 7.87. The average Bonchev–Trinajstić information content (AvgIpc) is 2.18. The number of piperidine rings is 1. The zero-order chi connectivity index (χ0) is 14.1. The summed E-state index contributed by atoms with van der Waals surface area (Å²) < 4.78 is 74.3. The Labute approximate surface area is 99.2 Å². The molecule has 0 aromatic rings. The normalized spacial score (nSPS) is 26.1. The predicted molar refractivity (Wildman–Crippen MR) is 49.0 cm³/mol. The van der Waals surface area contributed by atoms with Crippen LogP contribution in [-0.4, -0.2) is 55.4 Å². The highest BCUT2D eigenvalue weighted by Gasteiger charge is 2.50. The third kappa shape index (κ3) is 3.22. The third-order valence-corrected chi connectivity index (χ3v) is 3.35. The molecule has 0 saturated carbocycles. The molecule has 1 fully saturated rings. The minimum absolute atomic E-state index is 0.298. The number of carbonyl (C=O) groups is 1. The molecule has 0 spiro atoms. The van der Waals surface area contributed by atoms with Gasteiger partial charge in [-0.3, -0.25) is 4.18 Å². The molecule has 2 unspecified atom stereocenters. The Balaban J connectivity index is 2.69. The molecular formula is C7H9F4NO5S. The highest BCUT2D eigenvalue weighted by Crippen LogP contribution is 2.29. The topological polar surface area (TPSA) is 83.9 Å². The zero-order valence-electron chi connectivity index (χ0n) is 8.72. The van der Waals surface area contributed by atoms with Crippen molar-refractivity contribution in [1.29, 1.82) is 0 Å². The van der Waals surface area contributed by atoms with Crippen LogP contribution in [0.25, 0.3) is 0 Å². The van der Waals surface area contributed by atoms with Crippen LogP contribution in [0.4, 0.5) is 22.4 Å². The van der Waals surface area contributed by atoms with E-state index in [4.69, 9.17) is 5.11 Å². The summed E-state index contributed by atoms with van der Waals surface area (Å²) in [6, 6.07) is 0. The van der Waals surface area contributed by atoms with Crippen molar-refractivity contribution in [3.05, 3.63) is 0 Å². The van der Waals surface area contributed by atoms with Gasteiger partial charge >= 0.3 is 21.7 Å². The van der Waals surface area contributed by atoms with Gasteiger partial charge in [-0.2, -0.15) is 21.6 Å². The maximum absolute atomic E-state index is 13.3. The summed E-state index contributed by atoms with van der Waals surface area (Å²) in [4.78, 5) is 11.1. The first-order valence-electron chi connectivity index (χ1n) is 4.66. The molecule has 0 bridgehead atoms. The molecule has 0 radical (unpaired) electrons. The molecule has 1 rings (SSSR count). The smallest absolute Gasteiger partial charge is 0.465 e. The molecule has 1 saturated heterocycles. The van der Waals surface area contributed by atoms with Crippen LogP contribution in [0.2, 0.25) is 0 Å². The molecular weight excluding hydrogens is 286 g/mol. The number of hydrogen-bond acceptors (Lipinski definition) is 4. The second-order valence-corrected chi connectivity index (χ2v) is 5.13. The van der Waals surface area contributed by atoms with Crippen LogP contribution in [0.15, 0.2) is 0 Å². The summed E-state index contributed by atoms with van der Waals surface area (Å²) in [5.74, 6) is 0. The largest absolute Gasteiger partial charge is 0.523 e. The van der Waals surface area contributed by atoms with Gasteiger partial charge in [0.25, 0.3) is 0 Å². The summed E-state index contributed by atoms with van der Waals surface area (Å²) >= 11 is 0. The van der Waals surface area contributed by atoms with Gasteiger partial charge in [-0.25, -0.2) is 9.18 Å². The van der Waals surface area contributed by atoms with Crippen LogP contribution < -0.4 is 0 Å². The van der Waals surface area contributed by atoms with Crippen molar-refractivity contribution < 1.29 is 40.1 Å². The molecule has 1 amide bonds. The van der Waals surface area contributed by atoms with Crippen molar-refractivity contribution in [3.8, 4) is 0 Å². The Kier molecular flexibility index (Phi) is 4.05.